The summed E-state index contributed by atoms with van der Waals surface area (Å²) < 4.78 is 0. The largest absolute Gasteiger partial charge is 1.00 e. The number of carboxylic acid groups (broad SMARTS) is 1. The Labute approximate surface area is 60.4 Å². The molecule has 4 heteroatoms. The molecule has 0 aliphatic rings. The van der Waals surface area contributed by atoms with E-state index in [-0.39, 0.29) is 18.9 Å². The molecule has 0 bridgehead atoms. The molecule has 0 aromatic carbocycles. The van der Waals surface area contributed by atoms with Crippen LogP contribution in [0.5, 0.6) is 0 Å². The molecule has 42 valence electrons. The van der Waals surface area contributed by atoms with Crippen molar-refractivity contribution >= 4 is 5.97 Å². The Bertz CT molecular complexity index is 86.5. The Balaban J connectivity index is 0. The number of carboxylic acids is 1. The molecular formula is C4H8LiNO2. The second kappa shape index (κ2) is 3.13. The van der Waals surface area contributed by atoms with E-state index < -0.39 is 11.5 Å². The number of hydrogen-bond donors (Lipinski definition) is 1. The number of hydrogen-bond acceptors (Lipinski definition) is 3. The molecule has 0 aliphatic carbocycles. The zero-order chi connectivity index (χ0) is 6.08. The van der Waals surface area contributed by atoms with Gasteiger partial charge in [0.2, 0.25) is 0 Å². The van der Waals surface area contributed by atoms with E-state index in [1.807, 2.05) is 0 Å². The third-order valence-electron chi connectivity index (χ3n) is 0.526. The van der Waals surface area contributed by atoms with Gasteiger partial charge in [-0.1, -0.05) is 0 Å². The Hall–Kier alpha value is 0.0274. The van der Waals surface area contributed by atoms with Gasteiger partial charge in [0.1, 0.15) is 0 Å². The van der Waals surface area contributed by atoms with Crippen LogP contribution in [0.1, 0.15) is 13.8 Å². The topological polar surface area (TPSA) is 66.2 Å². The molecule has 3 nitrogen and oxygen atoms in total. The first-order valence-electron chi connectivity index (χ1n) is 1.95. The fourth-order valence-electron chi connectivity index (χ4n) is 0. The first-order valence-corrected chi connectivity index (χ1v) is 1.95. The van der Waals surface area contributed by atoms with E-state index in [0.29, 0.717) is 0 Å². The third kappa shape index (κ3) is 4.19. The molecule has 0 unspecified atom stereocenters. The first-order chi connectivity index (χ1) is 2.94. The van der Waals surface area contributed by atoms with Crippen LogP contribution in [0.25, 0.3) is 0 Å². The zero-order valence-corrected chi connectivity index (χ0v) is 5.39. The van der Waals surface area contributed by atoms with Gasteiger partial charge in [0.25, 0.3) is 0 Å². The molecule has 0 spiro atoms. The average Bonchev–Trinajstić information content (AvgIpc) is 1.31. The van der Waals surface area contributed by atoms with Crippen LogP contribution in [0.2, 0.25) is 0 Å². The van der Waals surface area contributed by atoms with E-state index in [1.54, 1.807) is 0 Å². The summed E-state index contributed by atoms with van der Waals surface area (Å²) in [5, 5.41) is 9.78. The van der Waals surface area contributed by atoms with Crippen LogP contribution in [0.15, 0.2) is 0 Å². The summed E-state index contributed by atoms with van der Waals surface area (Å²) in [6, 6.07) is 0. The second-order valence-corrected chi connectivity index (χ2v) is 2.01. The predicted molar refractivity (Wildman–Crippen MR) is 23.3 cm³/mol. The number of carbonyl (C=O) groups is 1. The van der Waals surface area contributed by atoms with Crippen LogP contribution in [0.3, 0.4) is 0 Å². The number of aliphatic carboxylic acids is 1. The molecule has 0 aliphatic heterocycles. The van der Waals surface area contributed by atoms with E-state index in [2.05, 4.69) is 0 Å². The van der Waals surface area contributed by atoms with Gasteiger partial charge in [-0.2, -0.15) is 0 Å². The fraction of sp³-hybridized carbons (Fsp3) is 0.750. The van der Waals surface area contributed by atoms with Crippen molar-refractivity contribution in [2.75, 3.05) is 0 Å². The Morgan fingerprint density at radius 2 is 1.75 bits per heavy atom. The van der Waals surface area contributed by atoms with Gasteiger partial charge in [-0.25, -0.2) is 0 Å². The van der Waals surface area contributed by atoms with Crippen LogP contribution in [-0.4, -0.2) is 11.5 Å². The van der Waals surface area contributed by atoms with Crippen molar-refractivity contribution in [1.82, 2.24) is 0 Å². The average molecular weight is 109 g/mol. The first kappa shape index (κ1) is 10.9. The second-order valence-electron chi connectivity index (χ2n) is 2.01. The van der Waals surface area contributed by atoms with Gasteiger partial charge in [0.05, 0.1) is 5.97 Å². The Kier molecular flexibility index (Phi) is 4.27. The van der Waals surface area contributed by atoms with Gasteiger partial charge in [-0.3, -0.25) is 0 Å². The van der Waals surface area contributed by atoms with E-state index in [0.717, 1.165) is 0 Å². The van der Waals surface area contributed by atoms with Crippen molar-refractivity contribution in [1.29, 1.82) is 0 Å². The summed E-state index contributed by atoms with van der Waals surface area (Å²) >= 11 is 0. The van der Waals surface area contributed by atoms with Gasteiger partial charge in [-0.05, 0) is 13.8 Å². The minimum Gasteiger partial charge on any atom is -0.548 e. The molecule has 0 radical (unpaired) electrons. The van der Waals surface area contributed by atoms with Crippen LogP contribution in [-0.2, 0) is 4.79 Å². The Morgan fingerprint density at radius 1 is 1.62 bits per heavy atom. The van der Waals surface area contributed by atoms with Crippen LogP contribution in [0, 0.1) is 0 Å². The summed E-state index contributed by atoms with van der Waals surface area (Å²) in [4.78, 5) is 9.78. The molecule has 0 rings (SSSR count). The summed E-state index contributed by atoms with van der Waals surface area (Å²) in [7, 11) is 0. The zero-order valence-electron chi connectivity index (χ0n) is 5.39. The maximum Gasteiger partial charge on any atom is 1.00 e. The van der Waals surface area contributed by atoms with Gasteiger partial charge >= 0.3 is 18.9 Å². The minimum atomic E-state index is -1.23. The molecule has 0 saturated heterocycles. The maximum absolute atomic E-state index is 9.78. The van der Waals surface area contributed by atoms with Crippen molar-refractivity contribution in [2.24, 2.45) is 5.73 Å². The van der Waals surface area contributed by atoms with Crippen molar-refractivity contribution < 1.29 is 28.8 Å². The van der Waals surface area contributed by atoms with E-state index in [1.165, 1.54) is 13.8 Å². The molecule has 8 heavy (non-hydrogen) atoms. The van der Waals surface area contributed by atoms with Crippen LogP contribution >= 0.6 is 0 Å². The monoisotopic (exact) mass is 109 g/mol. The van der Waals surface area contributed by atoms with Gasteiger partial charge in [-0.15, -0.1) is 0 Å². The minimum absolute atomic E-state index is 0. The molecule has 0 saturated carbocycles. The standard InChI is InChI=1S/C4H9NO2.Li/c1-4(2,5)3(6)7;/h5H2,1-2H3,(H,6,7);/q;+1/p-1. The summed E-state index contributed by atoms with van der Waals surface area (Å²) in [5.41, 5.74) is 3.82. The van der Waals surface area contributed by atoms with Crippen LogP contribution in [0.4, 0.5) is 0 Å². The molecule has 0 aromatic heterocycles. The molecule has 0 amide bonds. The van der Waals surface area contributed by atoms with Gasteiger partial charge in [0.15, 0.2) is 0 Å². The number of carbonyl (C=O) groups excluding carboxylic acids is 1. The number of nitrogens with two attached hydrogens (primary N) is 1. The normalized spacial score (nSPS) is 9.88. The third-order valence-corrected chi connectivity index (χ3v) is 0.526. The maximum atomic E-state index is 9.78. The van der Waals surface area contributed by atoms with E-state index in [4.69, 9.17) is 5.73 Å². The van der Waals surface area contributed by atoms with Crippen molar-refractivity contribution in [3.63, 3.8) is 0 Å². The van der Waals surface area contributed by atoms with Crippen molar-refractivity contribution in [3.8, 4) is 0 Å². The van der Waals surface area contributed by atoms with Crippen molar-refractivity contribution in [2.45, 2.75) is 19.4 Å². The molecule has 0 atom stereocenters. The Morgan fingerprint density at radius 3 is 1.75 bits per heavy atom. The molecule has 0 aromatic rings. The quantitative estimate of drug-likeness (QED) is 0.345. The van der Waals surface area contributed by atoms with Crippen LogP contribution < -0.4 is 29.7 Å². The molecule has 2 N–H and O–H groups in total. The van der Waals surface area contributed by atoms with Gasteiger partial charge in [0, 0.05) is 5.54 Å². The summed E-state index contributed by atoms with van der Waals surface area (Å²) in [5.74, 6) is -1.23. The summed E-state index contributed by atoms with van der Waals surface area (Å²) in [6.07, 6.45) is 0. The fourth-order valence-corrected chi connectivity index (χ4v) is 0. The smallest absolute Gasteiger partial charge is 0.548 e. The van der Waals surface area contributed by atoms with Crippen molar-refractivity contribution in [3.05, 3.63) is 0 Å². The van der Waals surface area contributed by atoms with E-state index in [9.17, 15) is 9.90 Å². The number of rotatable bonds is 1. The summed E-state index contributed by atoms with van der Waals surface area (Å²) in [6.45, 7) is 2.75. The molecular weight excluding hydrogens is 101 g/mol. The SMILES string of the molecule is CC(C)(N)C(=O)[O-].[Li+]. The van der Waals surface area contributed by atoms with Gasteiger partial charge < -0.3 is 15.6 Å². The molecule has 0 heterocycles. The predicted octanol–water partition coefficient (Wildman–Crippen LogP) is -4.52. The molecule has 0 fully saturated rings. The van der Waals surface area contributed by atoms with E-state index >= 15 is 0 Å².